The molecule has 0 saturated carbocycles. The summed E-state index contributed by atoms with van der Waals surface area (Å²) in [4.78, 5) is 72.9. The number of phosphoric acid groups is 2. The van der Waals surface area contributed by atoms with Crippen molar-refractivity contribution in [2.24, 2.45) is 0 Å². The van der Waals surface area contributed by atoms with Crippen LogP contribution in [0.2, 0.25) is 0 Å². The summed E-state index contributed by atoms with van der Waals surface area (Å²) in [5.74, 6) is -2.23. The van der Waals surface area contributed by atoms with E-state index >= 15 is 0 Å². The molecule has 0 aliphatic heterocycles. The number of ether oxygens (including phenoxy) is 4. The molecule has 0 saturated heterocycles. The predicted molar refractivity (Wildman–Crippen MR) is 409 cm³/mol. The Bertz CT molecular complexity index is 2120. The van der Waals surface area contributed by atoms with Gasteiger partial charge in [-0.15, -0.1) is 0 Å². The number of carbonyl (C=O) groups is 4. The third kappa shape index (κ3) is 72.3. The first-order valence-corrected chi connectivity index (χ1v) is 42.5. The quantitative estimate of drug-likeness (QED) is 0.0128. The van der Waals surface area contributed by atoms with E-state index in [1.165, 1.54) is 89.9 Å². The van der Waals surface area contributed by atoms with E-state index in [9.17, 15) is 43.2 Å². The molecule has 0 amide bonds. The fraction of sp³-hybridized carbons (Fsp3) is 0.753. The van der Waals surface area contributed by atoms with Crippen molar-refractivity contribution in [2.75, 3.05) is 39.6 Å². The van der Waals surface area contributed by atoms with E-state index in [0.29, 0.717) is 25.7 Å². The number of hydrogen-bond donors (Lipinski definition) is 3. The third-order valence-electron chi connectivity index (χ3n) is 16.5. The van der Waals surface area contributed by atoms with Gasteiger partial charge in [-0.05, 0) is 141 Å². The van der Waals surface area contributed by atoms with Crippen molar-refractivity contribution >= 4 is 39.5 Å². The fourth-order valence-electron chi connectivity index (χ4n) is 10.4. The van der Waals surface area contributed by atoms with Gasteiger partial charge in [-0.3, -0.25) is 37.3 Å². The van der Waals surface area contributed by atoms with E-state index in [1.807, 2.05) is 0 Å². The number of allylic oxidation sites excluding steroid dienone is 16. The summed E-state index contributed by atoms with van der Waals surface area (Å²) in [6.07, 6.45) is 76.6. The highest BCUT2D eigenvalue weighted by molar-refractivity contribution is 7.47. The molecule has 0 radical (unpaired) electrons. The minimum Gasteiger partial charge on any atom is -0.462 e. The van der Waals surface area contributed by atoms with Gasteiger partial charge in [0.05, 0.1) is 26.4 Å². The lowest BCUT2D eigenvalue weighted by Gasteiger charge is -2.21. The van der Waals surface area contributed by atoms with Gasteiger partial charge in [0.1, 0.15) is 19.3 Å². The second-order valence-corrected chi connectivity index (χ2v) is 29.3. The molecule has 17 nitrogen and oxygen atoms in total. The number of esters is 4. The van der Waals surface area contributed by atoms with Gasteiger partial charge in [-0.2, -0.15) is 0 Å². The molecule has 0 fully saturated rings. The molecule has 0 spiro atoms. The van der Waals surface area contributed by atoms with E-state index in [2.05, 4.69) is 125 Å². The number of rotatable bonds is 74. The van der Waals surface area contributed by atoms with Crippen LogP contribution in [-0.2, 0) is 65.4 Å². The molecule has 100 heavy (non-hydrogen) atoms. The number of aliphatic hydroxyl groups is 1. The first-order chi connectivity index (χ1) is 48.7. The number of phosphoric ester groups is 2. The van der Waals surface area contributed by atoms with E-state index < -0.39 is 97.5 Å². The standard InChI is InChI=1S/C81H142O17P2/c1-5-9-13-17-21-25-29-33-37-41-45-49-53-57-61-65-78(83)91-71-76(97-80(85)67-63-59-55-51-47-43-39-35-31-27-23-19-15-11-7-3)73-95-99(87,88)93-69-75(82)70-94-100(89,90)96-74-77(98-81(86)68-64-60-56-52-48-44-40-36-32-28-24-20-16-12-8-4)72-92-79(84)66-62-58-54-50-46-42-38-34-30-26-22-18-14-10-6-2/h21-22,25-28,31-40,75-77,82H,5-20,23-24,29-30,41-74H2,1-4H3,(H,87,88)(H,89,90)/b25-21-,26-22-,31-27-,32-28-,37-33-,38-34-,39-35-,40-36-/t76-,77-/m1/s1. The Morgan fingerprint density at radius 1 is 0.290 bits per heavy atom. The fourth-order valence-corrected chi connectivity index (χ4v) is 12.0. The van der Waals surface area contributed by atoms with Crippen molar-refractivity contribution in [1.29, 1.82) is 0 Å². The van der Waals surface area contributed by atoms with Crippen LogP contribution < -0.4 is 0 Å². The van der Waals surface area contributed by atoms with Crippen LogP contribution in [0.3, 0.4) is 0 Å². The Morgan fingerprint density at radius 2 is 0.520 bits per heavy atom. The topological polar surface area (TPSA) is 237 Å². The Kier molecular flexibility index (Phi) is 70.4. The van der Waals surface area contributed by atoms with Crippen LogP contribution >= 0.6 is 15.6 Å². The average molecular weight is 1450 g/mol. The van der Waals surface area contributed by atoms with Gasteiger partial charge in [0.25, 0.3) is 0 Å². The average Bonchev–Trinajstić information content (AvgIpc) is 1.01. The highest BCUT2D eigenvalue weighted by atomic mass is 31.2. The number of unbranched alkanes of at least 4 members (excludes halogenated alkanes) is 34. The molecule has 0 aliphatic carbocycles. The van der Waals surface area contributed by atoms with Crippen molar-refractivity contribution < 1.29 is 80.2 Å². The number of carbonyl (C=O) groups excluding carboxylic acids is 4. The molecule has 19 heteroatoms. The summed E-state index contributed by atoms with van der Waals surface area (Å²) in [5.41, 5.74) is 0. The van der Waals surface area contributed by atoms with Crippen LogP contribution in [0.25, 0.3) is 0 Å². The SMILES string of the molecule is CCCCC/C=C\C/C=C\CCCCCCCC(=O)OC[C@H](COP(=O)(O)OCC(O)COP(=O)(O)OC[C@@H](COC(=O)CCCCCCC/C=C\C/C=C\CCCCC)OC(=O)CCCCCCC/C=C\C=C/CCCCCC)OC(=O)CCCCCCC/C=C\C=C/CCCCCC. The maximum Gasteiger partial charge on any atom is 0.472 e. The Labute approximate surface area is 607 Å². The van der Waals surface area contributed by atoms with Crippen molar-refractivity contribution in [3.8, 4) is 0 Å². The molecule has 4 atom stereocenters. The molecule has 2 unspecified atom stereocenters. The molecular formula is C81H142O17P2. The number of aliphatic hydroxyl groups excluding tert-OH is 1. The van der Waals surface area contributed by atoms with Gasteiger partial charge in [-0.1, -0.05) is 266 Å². The lowest BCUT2D eigenvalue weighted by molar-refractivity contribution is -0.161. The molecule has 0 aromatic carbocycles. The first-order valence-electron chi connectivity index (χ1n) is 39.5. The molecule has 0 rings (SSSR count). The molecule has 0 heterocycles. The molecule has 578 valence electrons. The summed E-state index contributed by atoms with van der Waals surface area (Å²) in [6.45, 7) is 4.74. The van der Waals surface area contributed by atoms with Crippen LogP contribution in [0.5, 0.6) is 0 Å². The Hall–Kier alpha value is -4.02. The molecule has 0 aliphatic rings. The summed E-state index contributed by atoms with van der Waals surface area (Å²) < 4.78 is 68.5. The zero-order valence-electron chi connectivity index (χ0n) is 63.1. The van der Waals surface area contributed by atoms with Crippen LogP contribution in [0.15, 0.2) is 97.2 Å². The highest BCUT2D eigenvalue weighted by Gasteiger charge is 2.30. The van der Waals surface area contributed by atoms with Crippen molar-refractivity contribution in [3.05, 3.63) is 97.2 Å². The van der Waals surface area contributed by atoms with Gasteiger partial charge >= 0.3 is 39.5 Å². The zero-order valence-corrected chi connectivity index (χ0v) is 64.9. The smallest absolute Gasteiger partial charge is 0.462 e. The Balaban J connectivity index is 5.40. The highest BCUT2D eigenvalue weighted by Crippen LogP contribution is 2.45. The molecule has 0 bridgehead atoms. The second kappa shape index (κ2) is 73.3. The Morgan fingerprint density at radius 3 is 0.820 bits per heavy atom. The third-order valence-corrected chi connectivity index (χ3v) is 18.4. The molecular weight excluding hydrogens is 1310 g/mol. The summed E-state index contributed by atoms with van der Waals surface area (Å²) >= 11 is 0. The van der Waals surface area contributed by atoms with E-state index in [1.54, 1.807) is 0 Å². The number of hydrogen-bond acceptors (Lipinski definition) is 15. The van der Waals surface area contributed by atoms with Crippen LogP contribution in [-0.4, -0.2) is 96.7 Å². The molecule has 3 N–H and O–H groups in total. The van der Waals surface area contributed by atoms with Crippen LogP contribution in [0.1, 0.15) is 336 Å². The molecule has 0 aromatic rings. The van der Waals surface area contributed by atoms with Gasteiger partial charge in [-0.25, -0.2) is 9.13 Å². The van der Waals surface area contributed by atoms with Crippen molar-refractivity contribution in [1.82, 2.24) is 0 Å². The van der Waals surface area contributed by atoms with Gasteiger partial charge in [0.15, 0.2) is 12.2 Å². The lowest BCUT2D eigenvalue weighted by Crippen LogP contribution is -2.30. The maximum atomic E-state index is 13.1. The summed E-state index contributed by atoms with van der Waals surface area (Å²) in [6, 6.07) is 0. The minimum absolute atomic E-state index is 0.0740. The minimum atomic E-state index is -4.98. The molecule has 0 aromatic heterocycles. The largest absolute Gasteiger partial charge is 0.472 e. The van der Waals surface area contributed by atoms with Gasteiger partial charge in [0, 0.05) is 25.7 Å². The maximum absolute atomic E-state index is 13.1. The first kappa shape index (κ1) is 96.0. The van der Waals surface area contributed by atoms with E-state index in [-0.39, 0.29) is 25.7 Å². The van der Waals surface area contributed by atoms with Crippen LogP contribution in [0, 0.1) is 0 Å². The van der Waals surface area contributed by atoms with Gasteiger partial charge in [0.2, 0.25) is 0 Å². The normalized spacial score (nSPS) is 14.4. The lowest BCUT2D eigenvalue weighted by atomic mass is 10.1. The second-order valence-electron chi connectivity index (χ2n) is 26.3. The van der Waals surface area contributed by atoms with Crippen LogP contribution in [0.4, 0.5) is 0 Å². The van der Waals surface area contributed by atoms with E-state index in [4.69, 9.17) is 37.0 Å². The van der Waals surface area contributed by atoms with E-state index in [0.717, 1.165) is 167 Å². The van der Waals surface area contributed by atoms with Crippen molar-refractivity contribution in [3.63, 3.8) is 0 Å². The summed E-state index contributed by atoms with van der Waals surface area (Å²) in [5, 5.41) is 10.6. The van der Waals surface area contributed by atoms with Gasteiger partial charge < -0.3 is 33.8 Å². The predicted octanol–water partition coefficient (Wildman–Crippen LogP) is 22.8. The van der Waals surface area contributed by atoms with Crippen molar-refractivity contribution in [2.45, 2.75) is 354 Å². The monoisotopic (exact) mass is 1450 g/mol. The zero-order chi connectivity index (χ0) is 73.2. The summed E-state index contributed by atoms with van der Waals surface area (Å²) in [7, 11) is -9.97.